The molecule has 5 rings (SSSR count). The first kappa shape index (κ1) is 20.0. The number of fused-ring (bicyclic) bond motifs is 1. The van der Waals surface area contributed by atoms with E-state index in [1.165, 1.54) is 0 Å². The number of aliphatic hydroxyl groups excluding tert-OH is 1. The second-order valence-corrected chi connectivity index (χ2v) is 8.49. The van der Waals surface area contributed by atoms with Crippen molar-refractivity contribution in [2.75, 3.05) is 42.6 Å². The molecule has 1 atom stereocenters. The van der Waals surface area contributed by atoms with Gasteiger partial charge in [-0.25, -0.2) is 15.0 Å². The van der Waals surface area contributed by atoms with Crippen molar-refractivity contribution in [1.82, 2.24) is 15.0 Å². The van der Waals surface area contributed by atoms with Gasteiger partial charge in [0.25, 0.3) is 5.88 Å². The van der Waals surface area contributed by atoms with Crippen LogP contribution in [0, 0.1) is 5.92 Å². The normalized spacial score (nSPS) is 20.2. The molecule has 2 aliphatic rings. The lowest BCUT2D eigenvalue weighted by Crippen LogP contribution is -2.42. The summed E-state index contributed by atoms with van der Waals surface area (Å²) in [6, 6.07) is 12.5. The lowest BCUT2D eigenvalue weighted by Gasteiger charge is -2.35. The summed E-state index contributed by atoms with van der Waals surface area (Å²) in [6.07, 6.45) is 7.46. The molecule has 7 nitrogen and oxygen atoms in total. The maximum Gasteiger partial charge on any atom is 0.257 e. The van der Waals surface area contributed by atoms with Crippen molar-refractivity contribution in [3.63, 3.8) is 0 Å². The summed E-state index contributed by atoms with van der Waals surface area (Å²) in [5.41, 5.74) is 1.02. The lowest BCUT2D eigenvalue weighted by molar-refractivity contribution is 0.170. The number of hydrogen-bond donors (Lipinski definition) is 1. The average Bonchev–Trinajstić information content (AvgIpc) is 2.84. The van der Waals surface area contributed by atoms with E-state index in [1.807, 2.05) is 12.1 Å². The van der Waals surface area contributed by atoms with Crippen LogP contribution < -0.4 is 14.5 Å². The highest BCUT2D eigenvalue weighted by atomic mass is 16.5. The average molecular weight is 420 g/mol. The molecule has 7 heteroatoms. The van der Waals surface area contributed by atoms with Crippen molar-refractivity contribution < 1.29 is 9.84 Å². The van der Waals surface area contributed by atoms with E-state index in [1.54, 1.807) is 12.4 Å². The van der Waals surface area contributed by atoms with Gasteiger partial charge >= 0.3 is 0 Å². The van der Waals surface area contributed by atoms with Gasteiger partial charge in [0, 0.05) is 44.0 Å². The maximum absolute atomic E-state index is 9.42. The molecule has 3 aromatic rings. The first-order valence-corrected chi connectivity index (χ1v) is 11.2. The van der Waals surface area contributed by atoms with Gasteiger partial charge in [0.2, 0.25) is 0 Å². The minimum Gasteiger partial charge on any atom is -0.470 e. The fourth-order valence-electron chi connectivity index (χ4n) is 4.58. The van der Waals surface area contributed by atoms with Gasteiger partial charge in [-0.1, -0.05) is 18.2 Å². The zero-order valence-electron chi connectivity index (χ0n) is 17.7. The van der Waals surface area contributed by atoms with Gasteiger partial charge < -0.3 is 19.6 Å². The Bertz CT molecular complexity index is 1020. The third-order valence-corrected chi connectivity index (χ3v) is 6.38. The third-order valence-electron chi connectivity index (χ3n) is 6.38. The smallest absolute Gasteiger partial charge is 0.257 e. The highest BCUT2D eigenvalue weighted by molar-refractivity contribution is 5.80. The third kappa shape index (κ3) is 4.42. The van der Waals surface area contributed by atoms with Crippen molar-refractivity contribution in [1.29, 1.82) is 0 Å². The summed E-state index contributed by atoms with van der Waals surface area (Å²) < 4.78 is 6.40. The van der Waals surface area contributed by atoms with E-state index in [-0.39, 0.29) is 12.7 Å². The summed E-state index contributed by atoms with van der Waals surface area (Å²) in [6.45, 7) is 3.77. The molecule has 0 bridgehead atoms. The van der Waals surface area contributed by atoms with Gasteiger partial charge in [0.05, 0.1) is 12.1 Å². The summed E-state index contributed by atoms with van der Waals surface area (Å²) >= 11 is 0. The molecule has 2 fully saturated rings. The van der Waals surface area contributed by atoms with Crippen LogP contribution in [0.25, 0.3) is 10.9 Å². The summed E-state index contributed by atoms with van der Waals surface area (Å²) in [7, 11) is 0. The predicted molar refractivity (Wildman–Crippen MR) is 122 cm³/mol. The molecule has 0 aliphatic carbocycles. The number of hydrogen-bond acceptors (Lipinski definition) is 7. The number of anilines is 2. The molecule has 1 N–H and O–H groups in total. The molecule has 4 heterocycles. The molecular formula is C24H29N5O2. The first-order chi connectivity index (χ1) is 15.3. The van der Waals surface area contributed by atoms with E-state index in [0.717, 1.165) is 74.4 Å². The van der Waals surface area contributed by atoms with Gasteiger partial charge in [0.15, 0.2) is 5.82 Å². The number of pyridine rings is 1. The van der Waals surface area contributed by atoms with Gasteiger partial charge in [0.1, 0.15) is 11.9 Å². The van der Waals surface area contributed by atoms with E-state index in [9.17, 15) is 5.11 Å². The maximum atomic E-state index is 9.42. The minimum absolute atomic E-state index is 0.0486. The first-order valence-electron chi connectivity index (χ1n) is 11.2. The van der Waals surface area contributed by atoms with Crippen molar-refractivity contribution in [3.05, 3.63) is 48.8 Å². The largest absolute Gasteiger partial charge is 0.470 e. The second kappa shape index (κ2) is 9.06. The number of para-hydroxylation sites is 1. The number of piperidine rings is 2. The fourth-order valence-corrected chi connectivity index (χ4v) is 4.58. The van der Waals surface area contributed by atoms with Crippen LogP contribution >= 0.6 is 0 Å². The quantitative estimate of drug-likeness (QED) is 0.680. The number of benzene rings is 1. The molecule has 2 saturated heterocycles. The number of ether oxygens (including phenoxy) is 1. The highest BCUT2D eigenvalue weighted by Gasteiger charge is 2.27. The van der Waals surface area contributed by atoms with E-state index in [2.05, 4.69) is 44.0 Å². The SMILES string of the molecule is OCC1CCN(c2nccnc2O[C@@H]2CCCN(c3ccc4ccccc4n3)C2)CC1. The Labute approximate surface area is 182 Å². The van der Waals surface area contributed by atoms with Crippen LogP contribution in [-0.4, -0.2) is 58.9 Å². The molecule has 2 aliphatic heterocycles. The van der Waals surface area contributed by atoms with Crippen molar-refractivity contribution >= 4 is 22.5 Å². The van der Waals surface area contributed by atoms with E-state index >= 15 is 0 Å². The van der Waals surface area contributed by atoms with Crippen LogP contribution in [0.3, 0.4) is 0 Å². The second-order valence-electron chi connectivity index (χ2n) is 8.49. The van der Waals surface area contributed by atoms with Crippen LogP contribution in [-0.2, 0) is 0 Å². The van der Waals surface area contributed by atoms with Crippen molar-refractivity contribution in [3.8, 4) is 5.88 Å². The molecule has 0 amide bonds. The molecule has 162 valence electrons. The predicted octanol–water partition coefficient (Wildman–Crippen LogP) is 3.28. The van der Waals surface area contributed by atoms with Gasteiger partial charge in [-0.3, -0.25) is 0 Å². The molecule has 0 radical (unpaired) electrons. The van der Waals surface area contributed by atoms with E-state index in [0.29, 0.717) is 11.8 Å². The van der Waals surface area contributed by atoms with Gasteiger partial charge in [-0.2, -0.15) is 0 Å². The summed E-state index contributed by atoms with van der Waals surface area (Å²) in [4.78, 5) is 18.5. The Balaban J connectivity index is 1.29. The lowest BCUT2D eigenvalue weighted by atomic mass is 9.98. The number of nitrogens with zero attached hydrogens (tertiary/aromatic N) is 5. The zero-order valence-corrected chi connectivity index (χ0v) is 17.7. The fraction of sp³-hybridized carbons (Fsp3) is 0.458. The van der Waals surface area contributed by atoms with Gasteiger partial charge in [-0.05, 0) is 49.8 Å². The minimum atomic E-state index is 0.0486. The number of aliphatic hydroxyl groups is 1. The molecular weight excluding hydrogens is 390 g/mol. The van der Waals surface area contributed by atoms with Crippen LogP contribution in [0.15, 0.2) is 48.8 Å². The Kier molecular flexibility index (Phi) is 5.84. The van der Waals surface area contributed by atoms with Crippen molar-refractivity contribution in [2.24, 2.45) is 5.92 Å². The molecule has 0 spiro atoms. The van der Waals surface area contributed by atoms with E-state index in [4.69, 9.17) is 9.72 Å². The Morgan fingerprint density at radius 1 is 0.935 bits per heavy atom. The Morgan fingerprint density at radius 2 is 1.77 bits per heavy atom. The molecule has 1 aromatic carbocycles. The molecule has 0 saturated carbocycles. The Morgan fingerprint density at radius 3 is 2.65 bits per heavy atom. The topological polar surface area (TPSA) is 74.6 Å². The standard InChI is InChI=1S/C24H29N5O2/c30-17-18-9-14-28(15-10-18)23-24(26-12-11-25-23)31-20-5-3-13-29(16-20)22-8-7-19-4-1-2-6-21(19)27-22/h1-2,4,6-8,11-12,18,20,30H,3,5,9-10,13-17H2/t20-/m1/s1. The molecule has 2 aromatic heterocycles. The molecule has 31 heavy (non-hydrogen) atoms. The summed E-state index contributed by atoms with van der Waals surface area (Å²) in [5.74, 6) is 2.82. The van der Waals surface area contributed by atoms with Crippen LogP contribution in [0.1, 0.15) is 25.7 Å². The number of rotatable bonds is 5. The van der Waals surface area contributed by atoms with Crippen molar-refractivity contribution in [2.45, 2.75) is 31.8 Å². The van der Waals surface area contributed by atoms with Crippen LogP contribution in [0.2, 0.25) is 0 Å². The monoisotopic (exact) mass is 419 g/mol. The van der Waals surface area contributed by atoms with Crippen LogP contribution in [0.5, 0.6) is 5.88 Å². The zero-order chi connectivity index (χ0) is 21.0. The number of aromatic nitrogens is 3. The Hall–Kier alpha value is -2.93. The molecule has 0 unspecified atom stereocenters. The van der Waals surface area contributed by atoms with Gasteiger partial charge in [-0.15, -0.1) is 0 Å². The van der Waals surface area contributed by atoms with Crippen LogP contribution in [0.4, 0.5) is 11.6 Å². The highest BCUT2D eigenvalue weighted by Crippen LogP contribution is 2.30. The summed E-state index contributed by atoms with van der Waals surface area (Å²) in [5, 5.41) is 10.6. The van der Waals surface area contributed by atoms with E-state index < -0.39 is 0 Å².